The number of aliphatic hydroxyl groups is 1. The van der Waals surface area contributed by atoms with Gasteiger partial charge in [-0.15, -0.1) is 0 Å². The van der Waals surface area contributed by atoms with Crippen LogP contribution >= 0.6 is 0 Å². The first-order valence-corrected chi connectivity index (χ1v) is 3.21. The van der Waals surface area contributed by atoms with Crippen LogP contribution in [-0.2, 0) is 4.79 Å². The fourth-order valence-electron chi connectivity index (χ4n) is 0.682. The van der Waals surface area contributed by atoms with Crippen LogP contribution in [0.4, 0.5) is 0 Å². The standard InChI is InChI=1S/C6H13NO3.Na.H/c1-3-7(5(2)8)4-6(9)10;;/h5,8H,3-4H2,1-2H3,(H,9,10);;/q;+1;-1. The Balaban J connectivity index is -0.000000405. The summed E-state index contributed by atoms with van der Waals surface area (Å²) in [6, 6.07) is 0. The molecule has 62 valence electrons. The van der Waals surface area contributed by atoms with Crippen LogP contribution in [0.1, 0.15) is 15.3 Å². The first-order chi connectivity index (χ1) is 4.57. The summed E-state index contributed by atoms with van der Waals surface area (Å²) in [5.41, 5.74) is 0. The van der Waals surface area contributed by atoms with Crippen LogP contribution in [0.15, 0.2) is 0 Å². The Kier molecular flexibility index (Phi) is 8.95. The molecule has 0 bridgehead atoms. The molecule has 4 nitrogen and oxygen atoms in total. The number of carboxylic acid groups (broad SMARTS) is 1. The van der Waals surface area contributed by atoms with Gasteiger partial charge in [0.1, 0.15) is 6.23 Å². The van der Waals surface area contributed by atoms with Gasteiger partial charge in [0.05, 0.1) is 6.54 Å². The molecule has 0 heterocycles. The van der Waals surface area contributed by atoms with Gasteiger partial charge in [-0.3, -0.25) is 9.69 Å². The number of rotatable bonds is 4. The van der Waals surface area contributed by atoms with Crippen molar-refractivity contribution in [3.05, 3.63) is 0 Å². The van der Waals surface area contributed by atoms with E-state index in [0.717, 1.165) is 0 Å². The van der Waals surface area contributed by atoms with E-state index in [9.17, 15) is 4.79 Å². The van der Waals surface area contributed by atoms with Crippen LogP contribution in [0.25, 0.3) is 0 Å². The van der Waals surface area contributed by atoms with Crippen molar-refractivity contribution in [3.63, 3.8) is 0 Å². The third-order valence-electron chi connectivity index (χ3n) is 1.27. The number of hydrogen-bond donors (Lipinski definition) is 2. The van der Waals surface area contributed by atoms with Gasteiger partial charge in [-0.25, -0.2) is 0 Å². The van der Waals surface area contributed by atoms with Crippen molar-refractivity contribution in [2.24, 2.45) is 0 Å². The van der Waals surface area contributed by atoms with Gasteiger partial charge >= 0.3 is 35.5 Å². The van der Waals surface area contributed by atoms with E-state index >= 15 is 0 Å². The van der Waals surface area contributed by atoms with Crippen LogP contribution in [0.3, 0.4) is 0 Å². The molecule has 0 aliphatic carbocycles. The van der Waals surface area contributed by atoms with E-state index < -0.39 is 12.2 Å². The molecular formula is C6H14NNaO3. The van der Waals surface area contributed by atoms with Crippen LogP contribution < -0.4 is 29.6 Å². The Labute approximate surface area is 90.0 Å². The number of hydrogen-bond acceptors (Lipinski definition) is 3. The topological polar surface area (TPSA) is 60.8 Å². The number of carbonyl (C=O) groups is 1. The van der Waals surface area contributed by atoms with E-state index in [2.05, 4.69) is 0 Å². The van der Waals surface area contributed by atoms with E-state index in [0.29, 0.717) is 6.54 Å². The van der Waals surface area contributed by atoms with Crippen LogP contribution in [0.5, 0.6) is 0 Å². The molecule has 0 aliphatic heterocycles. The summed E-state index contributed by atoms with van der Waals surface area (Å²) in [4.78, 5) is 11.6. The van der Waals surface area contributed by atoms with Crippen molar-refractivity contribution in [1.29, 1.82) is 0 Å². The average molecular weight is 171 g/mol. The van der Waals surface area contributed by atoms with E-state index in [1.165, 1.54) is 4.90 Å². The Hall–Kier alpha value is 0.390. The second-order valence-electron chi connectivity index (χ2n) is 2.09. The van der Waals surface area contributed by atoms with Gasteiger partial charge in [0.2, 0.25) is 0 Å². The summed E-state index contributed by atoms with van der Waals surface area (Å²) in [5, 5.41) is 17.2. The SMILES string of the molecule is CCN(CC(=O)O)C(C)O.[H-].[Na+]. The molecule has 0 saturated carbocycles. The minimum Gasteiger partial charge on any atom is -1.00 e. The van der Waals surface area contributed by atoms with Crippen molar-refractivity contribution in [2.45, 2.75) is 20.1 Å². The smallest absolute Gasteiger partial charge is 1.00 e. The molecule has 0 rings (SSSR count). The Morgan fingerprint density at radius 3 is 2.27 bits per heavy atom. The molecule has 2 N–H and O–H groups in total. The third kappa shape index (κ3) is 6.77. The molecule has 11 heavy (non-hydrogen) atoms. The van der Waals surface area contributed by atoms with Gasteiger partial charge in [0.25, 0.3) is 0 Å². The molecule has 0 amide bonds. The normalized spacial score (nSPS) is 12.4. The van der Waals surface area contributed by atoms with Crippen molar-refractivity contribution >= 4 is 5.97 Å². The number of carboxylic acids is 1. The van der Waals surface area contributed by atoms with Gasteiger partial charge in [0, 0.05) is 0 Å². The Bertz CT molecular complexity index is 123. The van der Waals surface area contributed by atoms with Gasteiger partial charge in [-0.1, -0.05) is 6.92 Å². The predicted molar refractivity (Wildman–Crippen MR) is 37.7 cm³/mol. The average Bonchev–Trinajstić information content (AvgIpc) is 1.81. The third-order valence-corrected chi connectivity index (χ3v) is 1.27. The second kappa shape index (κ2) is 7.06. The molecule has 0 fully saturated rings. The van der Waals surface area contributed by atoms with Crippen molar-refractivity contribution in [1.82, 2.24) is 4.90 Å². The minimum atomic E-state index is -0.914. The maximum absolute atomic E-state index is 10.1. The number of likely N-dealkylation sites (N-methyl/N-ethyl adjacent to an activating group) is 1. The molecule has 0 aromatic carbocycles. The van der Waals surface area contributed by atoms with E-state index in [-0.39, 0.29) is 37.5 Å². The molecular weight excluding hydrogens is 157 g/mol. The molecule has 0 spiro atoms. The minimum absolute atomic E-state index is 0. The van der Waals surface area contributed by atoms with Crippen molar-refractivity contribution in [2.75, 3.05) is 13.1 Å². The monoisotopic (exact) mass is 171 g/mol. The zero-order valence-electron chi connectivity index (χ0n) is 8.24. The summed E-state index contributed by atoms with van der Waals surface area (Å²) < 4.78 is 0. The predicted octanol–water partition coefficient (Wildman–Crippen LogP) is -3.15. The molecule has 0 aliphatic rings. The maximum atomic E-state index is 10.1. The van der Waals surface area contributed by atoms with Gasteiger partial charge in [0.15, 0.2) is 0 Å². The van der Waals surface area contributed by atoms with Crippen molar-refractivity contribution < 1.29 is 46.0 Å². The summed E-state index contributed by atoms with van der Waals surface area (Å²) in [6.07, 6.45) is -0.680. The van der Waals surface area contributed by atoms with Gasteiger partial charge in [-0.05, 0) is 13.5 Å². The number of nitrogens with zero attached hydrogens (tertiary/aromatic N) is 1. The fraction of sp³-hybridized carbons (Fsp3) is 0.833. The number of aliphatic carboxylic acids is 1. The summed E-state index contributed by atoms with van der Waals surface area (Å²) in [5.74, 6) is -0.914. The fourth-order valence-corrected chi connectivity index (χ4v) is 0.682. The van der Waals surface area contributed by atoms with Crippen LogP contribution in [0, 0.1) is 0 Å². The molecule has 0 saturated heterocycles. The van der Waals surface area contributed by atoms with Gasteiger partial charge < -0.3 is 11.6 Å². The van der Waals surface area contributed by atoms with Crippen LogP contribution in [-0.4, -0.2) is 40.4 Å². The largest absolute Gasteiger partial charge is 1.00 e. The maximum Gasteiger partial charge on any atom is 1.00 e. The van der Waals surface area contributed by atoms with E-state index in [1.807, 2.05) is 0 Å². The summed E-state index contributed by atoms with van der Waals surface area (Å²) in [7, 11) is 0. The molecule has 0 radical (unpaired) electrons. The van der Waals surface area contributed by atoms with Crippen LogP contribution in [0.2, 0.25) is 0 Å². The zero-order valence-corrected chi connectivity index (χ0v) is 9.24. The first-order valence-electron chi connectivity index (χ1n) is 3.21. The number of aliphatic hydroxyl groups excluding tert-OH is 1. The second-order valence-corrected chi connectivity index (χ2v) is 2.09. The first kappa shape index (κ1) is 13.9. The van der Waals surface area contributed by atoms with Gasteiger partial charge in [-0.2, -0.15) is 0 Å². The quantitative estimate of drug-likeness (QED) is 0.346. The van der Waals surface area contributed by atoms with E-state index in [1.54, 1.807) is 13.8 Å². The van der Waals surface area contributed by atoms with Crippen molar-refractivity contribution in [3.8, 4) is 0 Å². The zero-order chi connectivity index (χ0) is 8.15. The summed E-state index contributed by atoms with van der Waals surface area (Å²) in [6.45, 7) is 3.79. The molecule has 1 atom stereocenters. The molecule has 5 heteroatoms. The Morgan fingerprint density at radius 2 is 2.18 bits per heavy atom. The molecule has 0 aromatic heterocycles. The molecule has 0 aromatic rings. The Morgan fingerprint density at radius 1 is 1.73 bits per heavy atom. The summed E-state index contributed by atoms with van der Waals surface area (Å²) >= 11 is 0. The van der Waals surface area contributed by atoms with E-state index in [4.69, 9.17) is 10.2 Å². The molecule has 1 unspecified atom stereocenters.